The van der Waals surface area contributed by atoms with Crippen molar-refractivity contribution in [2.75, 3.05) is 78.9 Å². The summed E-state index contributed by atoms with van der Waals surface area (Å²) < 4.78 is 0. The molecule has 0 aliphatic rings. The van der Waals surface area contributed by atoms with E-state index in [4.69, 9.17) is 30.6 Å². The Kier molecular flexibility index (Phi) is 61.6. The van der Waals surface area contributed by atoms with Gasteiger partial charge in [0.2, 0.25) is 0 Å². The van der Waals surface area contributed by atoms with Crippen LogP contribution in [0, 0.1) is 0 Å². The van der Waals surface area contributed by atoms with Crippen molar-refractivity contribution in [3.05, 3.63) is 0 Å². The SMILES string of the molecule is OCCN(CCO)CCO.OCCN(CCO)CCO.[Na+].[Na+].[S-]SSSS[S-]. The largest absolute Gasteiger partial charge is 1.00 e. The molecule has 0 rings (SSSR count). The fourth-order valence-electron chi connectivity index (χ4n) is 1.54. The molecule has 0 spiro atoms. The summed E-state index contributed by atoms with van der Waals surface area (Å²) in [6.07, 6.45) is 0. The van der Waals surface area contributed by atoms with E-state index in [1.165, 1.54) is 39.3 Å². The quantitative estimate of drug-likeness (QED) is 0.0513. The molecule has 28 heavy (non-hydrogen) atoms. The van der Waals surface area contributed by atoms with Gasteiger partial charge in [-0.25, -0.2) is 0 Å². The van der Waals surface area contributed by atoms with Crippen LogP contribution in [-0.2, 0) is 23.3 Å². The number of hydrogen-bond acceptors (Lipinski definition) is 14. The van der Waals surface area contributed by atoms with Crippen molar-refractivity contribution in [3.8, 4) is 0 Å². The first-order chi connectivity index (χ1) is 12.6. The van der Waals surface area contributed by atoms with Crippen LogP contribution in [-0.4, -0.2) is 119 Å². The van der Waals surface area contributed by atoms with Crippen LogP contribution in [0.25, 0.3) is 0 Å². The predicted octanol–water partition coefficient (Wildman–Crippen LogP) is -6.87. The third-order valence-corrected chi connectivity index (χ3v) is 9.25. The standard InChI is InChI=1S/2C6H15NO3.2Na.H2S6/c2*8-4-1-7(2-5-9)3-6-10;;;1-3-5-6-4-2/h2*8-10H,1-6H2;;;1-2H/q;;2*+1;/p-2. The molecular weight excluding hydrogens is 507 g/mol. The molecule has 16 heteroatoms. The number of rotatable bonds is 15. The zero-order valence-electron chi connectivity index (χ0n) is 16.5. The van der Waals surface area contributed by atoms with E-state index in [1.54, 1.807) is 9.80 Å². The van der Waals surface area contributed by atoms with Crippen molar-refractivity contribution >= 4 is 62.6 Å². The van der Waals surface area contributed by atoms with Crippen LogP contribution in [0.4, 0.5) is 0 Å². The maximum atomic E-state index is 8.48. The van der Waals surface area contributed by atoms with Gasteiger partial charge in [-0.05, 0) is 19.7 Å². The fraction of sp³-hybridized carbons (Fsp3) is 1.00. The Morgan fingerprint density at radius 2 is 0.643 bits per heavy atom. The van der Waals surface area contributed by atoms with Gasteiger partial charge in [-0.3, -0.25) is 29.5 Å². The van der Waals surface area contributed by atoms with Crippen LogP contribution in [0.15, 0.2) is 0 Å². The van der Waals surface area contributed by atoms with E-state index in [2.05, 4.69) is 23.3 Å². The van der Waals surface area contributed by atoms with E-state index < -0.39 is 0 Å². The van der Waals surface area contributed by atoms with Crippen molar-refractivity contribution in [2.45, 2.75) is 0 Å². The van der Waals surface area contributed by atoms with Gasteiger partial charge in [0.1, 0.15) is 0 Å². The molecule has 0 aliphatic carbocycles. The van der Waals surface area contributed by atoms with Gasteiger partial charge in [-0.15, -0.1) is 0 Å². The van der Waals surface area contributed by atoms with Gasteiger partial charge >= 0.3 is 59.1 Å². The fourth-order valence-corrected chi connectivity index (χ4v) is 7.03. The van der Waals surface area contributed by atoms with E-state index in [0.29, 0.717) is 39.3 Å². The van der Waals surface area contributed by atoms with Crippen LogP contribution >= 0.6 is 39.3 Å². The van der Waals surface area contributed by atoms with Crippen LogP contribution in [0.1, 0.15) is 0 Å². The minimum absolute atomic E-state index is 0. The van der Waals surface area contributed by atoms with E-state index in [-0.39, 0.29) is 98.8 Å². The summed E-state index contributed by atoms with van der Waals surface area (Å²) in [5.41, 5.74) is 0. The number of aliphatic hydroxyl groups is 6. The summed E-state index contributed by atoms with van der Waals surface area (Å²) in [5, 5.41) is 50.9. The minimum Gasteiger partial charge on any atom is -0.706 e. The molecule has 0 unspecified atom stereocenters. The molecule has 0 bridgehead atoms. The first-order valence-electron chi connectivity index (χ1n) is 7.63. The van der Waals surface area contributed by atoms with Crippen LogP contribution in [0.3, 0.4) is 0 Å². The van der Waals surface area contributed by atoms with Crippen LogP contribution in [0.5, 0.6) is 0 Å². The molecule has 162 valence electrons. The second-order valence-electron chi connectivity index (χ2n) is 4.30. The minimum atomic E-state index is 0. The molecule has 8 nitrogen and oxygen atoms in total. The van der Waals surface area contributed by atoms with E-state index in [1.807, 2.05) is 0 Å². The van der Waals surface area contributed by atoms with Crippen molar-refractivity contribution in [3.63, 3.8) is 0 Å². The van der Waals surface area contributed by atoms with Gasteiger partial charge in [-0.1, -0.05) is 0 Å². The summed E-state index contributed by atoms with van der Waals surface area (Å²) in [4.78, 5) is 3.58. The normalized spacial score (nSPS) is 9.64. The number of hydrogen-bond donors (Lipinski definition) is 6. The average Bonchev–Trinajstić information content (AvgIpc) is 2.62. The Bertz CT molecular complexity index is 202. The predicted molar refractivity (Wildman–Crippen MR) is 120 cm³/mol. The third-order valence-electron chi connectivity index (χ3n) is 2.58. The molecule has 0 aromatic carbocycles. The van der Waals surface area contributed by atoms with E-state index in [9.17, 15) is 0 Å². The first-order valence-corrected chi connectivity index (χ1v) is 14.3. The summed E-state index contributed by atoms with van der Waals surface area (Å²) in [5.74, 6) is 0. The molecule has 0 fully saturated rings. The second-order valence-corrected chi connectivity index (χ2v) is 11.4. The summed E-state index contributed by atoms with van der Waals surface area (Å²) in [7, 11) is 5.63. The van der Waals surface area contributed by atoms with Gasteiger partial charge in [0, 0.05) is 39.3 Å². The zero-order chi connectivity index (χ0) is 20.5. The van der Waals surface area contributed by atoms with Crippen molar-refractivity contribution < 1.29 is 89.8 Å². The Morgan fingerprint density at radius 3 is 0.750 bits per heavy atom. The third kappa shape index (κ3) is 40.2. The summed E-state index contributed by atoms with van der Waals surface area (Å²) in [6, 6.07) is 0. The topological polar surface area (TPSA) is 128 Å². The van der Waals surface area contributed by atoms with E-state index in [0.717, 1.165) is 0 Å². The molecule has 0 heterocycles. The van der Waals surface area contributed by atoms with Gasteiger partial charge < -0.3 is 54.0 Å². The maximum absolute atomic E-state index is 8.48. The Labute approximate surface area is 238 Å². The zero-order valence-corrected chi connectivity index (χ0v) is 25.4. The number of nitrogens with zero attached hydrogens (tertiary/aromatic N) is 2. The average molecular weight is 537 g/mol. The molecule has 0 saturated heterocycles. The molecule has 0 saturated carbocycles. The molecule has 0 atom stereocenters. The molecule has 0 amide bonds. The Hall–Kier alpha value is 3.78. The molecule has 0 aliphatic heterocycles. The van der Waals surface area contributed by atoms with Crippen molar-refractivity contribution in [2.24, 2.45) is 0 Å². The van der Waals surface area contributed by atoms with Gasteiger partial charge in [0.05, 0.1) is 39.6 Å². The van der Waals surface area contributed by atoms with Crippen molar-refractivity contribution in [1.82, 2.24) is 9.80 Å². The van der Waals surface area contributed by atoms with Crippen LogP contribution < -0.4 is 59.1 Å². The number of aliphatic hydroxyl groups excluding tert-OH is 6. The monoisotopic (exact) mass is 536 g/mol. The van der Waals surface area contributed by atoms with Gasteiger partial charge in [0.25, 0.3) is 0 Å². The Morgan fingerprint density at radius 1 is 0.464 bits per heavy atom. The molecule has 6 N–H and O–H groups in total. The summed E-state index contributed by atoms with van der Waals surface area (Å²) in [6.45, 7) is 3.51. The molecule has 0 radical (unpaired) electrons. The smallest absolute Gasteiger partial charge is 0.706 e. The Balaban J connectivity index is -0.0000000941. The molecule has 0 aromatic rings. The second kappa shape index (κ2) is 41.1. The van der Waals surface area contributed by atoms with Crippen LogP contribution in [0.2, 0.25) is 0 Å². The van der Waals surface area contributed by atoms with Gasteiger partial charge in [-0.2, -0.15) is 0 Å². The van der Waals surface area contributed by atoms with E-state index >= 15 is 0 Å². The molecular formula is C12H30N2Na2O6S6. The maximum Gasteiger partial charge on any atom is 1.00 e. The summed E-state index contributed by atoms with van der Waals surface area (Å²) >= 11 is 9.03. The first kappa shape index (κ1) is 42.0. The van der Waals surface area contributed by atoms with Crippen molar-refractivity contribution in [1.29, 1.82) is 0 Å². The van der Waals surface area contributed by atoms with Gasteiger partial charge in [0.15, 0.2) is 0 Å². The molecule has 0 aromatic heterocycles.